The number of unbranched alkanes of at least 4 members (excludes halogenated alkanes) is 1. The van der Waals surface area contributed by atoms with Crippen LogP contribution in [0.4, 0.5) is 0 Å². The molecule has 0 radical (unpaired) electrons. The summed E-state index contributed by atoms with van der Waals surface area (Å²) in [6.45, 7) is 4.91. The summed E-state index contributed by atoms with van der Waals surface area (Å²) < 4.78 is 0. The summed E-state index contributed by atoms with van der Waals surface area (Å²) in [5, 5.41) is 9.17. The predicted octanol–water partition coefficient (Wildman–Crippen LogP) is 3.72. The Kier molecular flexibility index (Phi) is 4.45. The first-order valence-electron chi connectivity index (χ1n) is 7.41. The van der Waals surface area contributed by atoms with E-state index in [9.17, 15) is 0 Å². The Morgan fingerprint density at radius 1 is 1.24 bits per heavy atom. The molecule has 17 heavy (non-hydrogen) atoms. The fourth-order valence-corrected chi connectivity index (χ4v) is 3.29. The van der Waals surface area contributed by atoms with Gasteiger partial charge in [0.15, 0.2) is 0 Å². The molecule has 1 unspecified atom stereocenters. The quantitative estimate of drug-likeness (QED) is 0.678. The Bertz CT molecular complexity index is 275. The molecule has 2 aliphatic rings. The maximum atomic E-state index is 9.17. The first-order valence-corrected chi connectivity index (χ1v) is 7.41. The van der Waals surface area contributed by atoms with E-state index in [0.29, 0.717) is 0 Å². The van der Waals surface area contributed by atoms with Gasteiger partial charge in [0.05, 0.1) is 11.5 Å². The van der Waals surface area contributed by atoms with E-state index >= 15 is 0 Å². The lowest BCUT2D eigenvalue weighted by Crippen LogP contribution is -2.38. The van der Waals surface area contributed by atoms with Crippen LogP contribution in [0, 0.1) is 16.7 Å². The van der Waals surface area contributed by atoms with Crippen molar-refractivity contribution < 1.29 is 0 Å². The second kappa shape index (κ2) is 5.87. The summed E-state index contributed by atoms with van der Waals surface area (Å²) in [6.07, 6.45) is 11.4. The van der Waals surface area contributed by atoms with E-state index in [-0.39, 0.29) is 5.41 Å². The van der Waals surface area contributed by atoms with Crippen molar-refractivity contribution in [2.24, 2.45) is 5.41 Å². The standard InChI is InChI=1S/C15H26N2/c1-14-7-2-4-11-17(14)12-5-3-8-15(13-16)9-6-10-15/h14H,2-12H2,1H3. The Hall–Kier alpha value is -0.550. The molecule has 0 aromatic rings. The van der Waals surface area contributed by atoms with E-state index in [1.165, 1.54) is 51.6 Å². The maximum Gasteiger partial charge on any atom is 0.0689 e. The first kappa shape index (κ1) is 12.9. The van der Waals surface area contributed by atoms with Crippen LogP contribution in [0.1, 0.15) is 64.7 Å². The van der Waals surface area contributed by atoms with Crippen molar-refractivity contribution in [1.82, 2.24) is 4.90 Å². The van der Waals surface area contributed by atoms with Crippen molar-refractivity contribution in [2.75, 3.05) is 13.1 Å². The fraction of sp³-hybridized carbons (Fsp3) is 0.933. The summed E-state index contributed by atoms with van der Waals surface area (Å²) in [5.74, 6) is 0. The molecule has 1 atom stereocenters. The number of piperidine rings is 1. The van der Waals surface area contributed by atoms with E-state index < -0.39 is 0 Å². The lowest BCUT2D eigenvalue weighted by Gasteiger charge is -2.36. The minimum Gasteiger partial charge on any atom is -0.301 e. The van der Waals surface area contributed by atoms with Crippen molar-refractivity contribution in [3.63, 3.8) is 0 Å². The minimum atomic E-state index is 0.0908. The lowest BCUT2D eigenvalue weighted by molar-refractivity contribution is 0.148. The molecule has 2 fully saturated rings. The molecule has 0 aromatic carbocycles. The van der Waals surface area contributed by atoms with Gasteiger partial charge in [-0.3, -0.25) is 0 Å². The topological polar surface area (TPSA) is 27.0 Å². The number of nitriles is 1. The van der Waals surface area contributed by atoms with Crippen molar-refractivity contribution >= 4 is 0 Å². The molecule has 96 valence electrons. The zero-order chi connectivity index (χ0) is 12.1. The summed E-state index contributed by atoms with van der Waals surface area (Å²) in [6, 6.07) is 3.34. The molecule has 1 heterocycles. The molecule has 1 aliphatic carbocycles. The maximum absolute atomic E-state index is 9.17. The van der Waals surface area contributed by atoms with Crippen LogP contribution in [-0.2, 0) is 0 Å². The van der Waals surface area contributed by atoms with Gasteiger partial charge >= 0.3 is 0 Å². The number of hydrogen-bond acceptors (Lipinski definition) is 2. The van der Waals surface area contributed by atoms with Gasteiger partial charge in [-0.15, -0.1) is 0 Å². The second-order valence-corrected chi connectivity index (χ2v) is 6.08. The van der Waals surface area contributed by atoms with E-state index in [4.69, 9.17) is 5.26 Å². The molecule has 1 aliphatic heterocycles. The van der Waals surface area contributed by atoms with E-state index in [2.05, 4.69) is 17.9 Å². The zero-order valence-corrected chi connectivity index (χ0v) is 11.2. The number of hydrogen-bond donors (Lipinski definition) is 0. The summed E-state index contributed by atoms with van der Waals surface area (Å²) >= 11 is 0. The molecule has 2 rings (SSSR count). The predicted molar refractivity (Wildman–Crippen MR) is 70.6 cm³/mol. The zero-order valence-electron chi connectivity index (χ0n) is 11.2. The Balaban J connectivity index is 1.61. The lowest BCUT2D eigenvalue weighted by atomic mass is 9.67. The van der Waals surface area contributed by atoms with Crippen LogP contribution in [0.5, 0.6) is 0 Å². The summed E-state index contributed by atoms with van der Waals surface area (Å²) in [4.78, 5) is 2.64. The Morgan fingerprint density at radius 2 is 2.06 bits per heavy atom. The highest BCUT2D eigenvalue weighted by Crippen LogP contribution is 2.44. The fourth-order valence-electron chi connectivity index (χ4n) is 3.29. The second-order valence-electron chi connectivity index (χ2n) is 6.08. The summed E-state index contributed by atoms with van der Waals surface area (Å²) in [5.41, 5.74) is 0.0908. The van der Waals surface area contributed by atoms with Crippen molar-refractivity contribution in [2.45, 2.75) is 70.8 Å². The third-order valence-electron chi connectivity index (χ3n) is 4.84. The molecule has 2 nitrogen and oxygen atoms in total. The van der Waals surface area contributed by atoms with Gasteiger partial charge in [0.25, 0.3) is 0 Å². The Labute approximate surface area is 106 Å². The van der Waals surface area contributed by atoms with Crippen LogP contribution in [0.3, 0.4) is 0 Å². The van der Waals surface area contributed by atoms with Gasteiger partial charge < -0.3 is 4.90 Å². The molecule has 1 saturated carbocycles. The van der Waals surface area contributed by atoms with E-state index in [1.807, 2.05) is 0 Å². The number of likely N-dealkylation sites (tertiary alicyclic amines) is 1. The molecule has 0 N–H and O–H groups in total. The Morgan fingerprint density at radius 3 is 2.65 bits per heavy atom. The van der Waals surface area contributed by atoms with Crippen LogP contribution in [0.15, 0.2) is 0 Å². The molecule has 1 saturated heterocycles. The molecular weight excluding hydrogens is 208 g/mol. The summed E-state index contributed by atoms with van der Waals surface area (Å²) in [7, 11) is 0. The SMILES string of the molecule is CC1CCCCN1CCCCC1(C#N)CCC1. The van der Waals surface area contributed by atoms with Crippen LogP contribution in [-0.4, -0.2) is 24.0 Å². The normalized spacial score (nSPS) is 28.4. The monoisotopic (exact) mass is 234 g/mol. The van der Waals surface area contributed by atoms with Crippen molar-refractivity contribution in [3.05, 3.63) is 0 Å². The third-order valence-corrected chi connectivity index (χ3v) is 4.84. The van der Waals surface area contributed by atoms with Gasteiger partial charge in [-0.2, -0.15) is 5.26 Å². The molecule has 2 heteroatoms. The first-order chi connectivity index (χ1) is 8.26. The third kappa shape index (κ3) is 3.22. The smallest absolute Gasteiger partial charge is 0.0689 e. The van der Waals surface area contributed by atoms with Gasteiger partial charge in [-0.25, -0.2) is 0 Å². The van der Waals surface area contributed by atoms with Gasteiger partial charge in [0.2, 0.25) is 0 Å². The number of rotatable bonds is 5. The average Bonchev–Trinajstić information content (AvgIpc) is 2.29. The van der Waals surface area contributed by atoms with Gasteiger partial charge in [0, 0.05) is 6.04 Å². The molecule has 0 aromatic heterocycles. The van der Waals surface area contributed by atoms with Gasteiger partial charge in [-0.05, 0) is 58.5 Å². The molecule has 0 bridgehead atoms. The minimum absolute atomic E-state index is 0.0908. The highest BCUT2D eigenvalue weighted by atomic mass is 15.1. The van der Waals surface area contributed by atoms with Crippen LogP contribution >= 0.6 is 0 Å². The molecular formula is C15H26N2. The van der Waals surface area contributed by atoms with Crippen LogP contribution in [0.2, 0.25) is 0 Å². The van der Waals surface area contributed by atoms with Crippen LogP contribution in [0.25, 0.3) is 0 Å². The number of nitrogens with zero attached hydrogens (tertiary/aromatic N) is 2. The van der Waals surface area contributed by atoms with E-state index in [0.717, 1.165) is 25.3 Å². The highest BCUT2D eigenvalue weighted by molar-refractivity contribution is 5.04. The van der Waals surface area contributed by atoms with E-state index in [1.54, 1.807) is 0 Å². The average molecular weight is 234 g/mol. The van der Waals surface area contributed by atoms with Crippen molar-refractivity contribution in [1.29, 1.82) is 5.26 Å². The molecule has 0 spiro atoms. The van der Waals surface area contributed by atoms with Crippen molar-refractivity contribution in [3.8, 4) is 6.07 Å². The van der Waals surface area contributed by atoms with Crippen LogP contribution < -0.4 is 0 Å². The largest absolute Gasteiger partial charge is 0.301 e. The molecule has 0 amide bonds. The van der Waals surface area contributed by atoms with Gasteiger partial charge in [0.1, 0.15) is 0 Å². The van der Waals surface area contributed by atoms with Gasteiger partial charge in [-0.1, -0.05) is 19.3 Å². The highest BCUT2D eigenvalue weighted by Gasteiger charge is 2.36.